The molecule has 0 rings (SSSR count). The molecule has 0 aromatic heterocycles. The van der Waals surface area contributed by atoms with Crippen molar-refractivity contribution in [2.24, 2.45) is 0 Å². The summed E-state index contributed by atoms with van der Waals surface area (Å²) in [6.07, 6.45) is 0. The van der Waals surface area contributed by atoms with E-state index in [9.17, 15) is 0 Å². The monoisotopic (exact) mass is 212 g/mol. The van der Waals surface area contributed by atoms with Gasteiger partial charge in [0.15, 0.2) is 0 Å². The molecule has 0 aliphatic rings. The first-order valence-electron chi connectivity index (χ1n) is 0. The zero-order valence-corrected chi connectivity index (χ0v) is 6.28. The van der Waals surface area contributed by atoms with Crippen LogP contribution in [-0.4, -0.2) is 0 Å². The molecule has 2 radical (unpaired) electrons. The van der Waals surface area contributed by atoms with Gasteiger partial charge >= 0.3 is 33.0 Å². The summed E-state index contributed by atoms with van der Waals surface area (Å²) in [6, 6.07) is 0. The summed E-state index contributed by atoms with van der Waals surface area (Å²) in [5.74, 6) is 0. The van der Waals surface area contributed by atoms with E-state index in [1.54, 1.807) is 0 Å². The molecule has 5 heteroatoms. The quantitative estimate of drug-likeness (QED) is 0.497. The topological polar surface area (TPSA) is 0 Å². The molecule has 0 aromatic rings. The second kappa shape index (κ2) is 36.9. The van der Waals surface area contributed by atoms with Gasteiger partial charge in [-0.15, -0.1) is 0 Å². The minimum atomic E-state index is 0. The van der Waals surface area contributed by atoms with Gasteiger partial charge in [-0.3, -0.25) is 0 Å². The predicted octanol–water partition coefficient (Wildman–Crippen LogP) is -0.0122. The van der Waals surface area contributed by atoms with Crippen molar-refractivity contribution >= 4 is 40.5 Å². The van der Waals surface area contributed by atoms with Crippen LogP contribution >= 0.6 is 0 Å². The Balaban J connectivity index is 0. The molecule has 0 unspecified atom stereocenters. The Kier molecular flexibility index (Phi) is 456. The fourth-order valence-corrected chi connectivity index (χ4v) is 0. The minimum Gasteiger partial charge on any atom is -2.00 e. The van der Waals surface area contributed by atoms with E-state index in [0.717, 1.165) is 0 Å². The van der Waals surface area contributed by atoms with Gasteiger partial charge in [0.2, 0.25) is 0 Å². The molecule has 38 valence electrons. The molecule has 0 aliphatic carbocycles. The molecular formula is Ni2S3. The summed E-state index contributed by atoms with van der Waals surface area (Å²) in [7, 11) is 0. The Morgan fingerprint density at radius 3 is 0.400 bits per heavy atom. The molecule has 0 fully saturated rings. The summed E-state index contributed by atoms with van der Waals surface area (Å²) in [5.41, 5.74) is 0. The van der Waals surface area contributed by atoms with Crippen LogP contribution in [0.4, 0.5) is 0 Å². The van der Waals surface area contributed by atoms with E-state index in [1.165, 1.54) is 0 Å². The molecular weight excluding hydrogens is 214 g/mol. The Morgan fingerprint density at radius 2 is 0.400 bits per heavy atom. The molecule has 0 bridgehead atoms. The molecule has 0 saturated carbocycles. The van der Waals surface area contributed by atoms with Crippen molar-refractivity contribution in [3.05, 3.63) is 0 Å². The van der Waals surface area contributed by atoms with Crippen molar-refractivity contribution in [1.82, 2.24) is 0 Å². The predicted molar refractivity (Wildman–Crippen MR) is 22.1 cm³/mol. The second-order valence-electron chi connectivity index (χ2n) is 0. The first-order valence-corrected chi connectivity index (χ1v) is 0. The fourth-order valence-electron chi connectivity index (χ4n) is 0. The average Bonchev–Trinajstić information content (AvgIpc) is 0. The van der Waals surface area contributed by atoms with Crippen molar-refractivity contribution in [2.75, 3.05) is 0 Å². The molecule has 0 aromatic carbocycles. The van der Waals surface area contributed by atoms with Crippen LogP contribution in [0.25, 0.3) is 0 Å². The van der Waals surface area contributed by atoms with Gasteiger partial charge in [-0.25, -0.2) is 0 Å². The zero-order chi connectivity index (χ0) is 0. The van der Waals surface area contributed by atoms with Gasteiger partial charge in [-0.2, -0.15) is 0 Å². The van der Waals surface area contributed by atoms with E-state index >= 15 is 0 Å². The molecule has 5 heavy (non-hydrogen) atoms. The maximum absolute atomic E-state index is 0. The Bertz CT molecular complexity index is 4.85. The van der Waals surface area contributed by atoms with Crippen LogP contribution in [0.2, 0.25) is 0 Å². The summed E-state index contributed by atoms with van der Waals surface area (Å²) >= 11 is 0. The largest absolute Gasteiger partial charge is 3.00 e. The van der Waals surface area contributed by atoms with Crippen LogP contribution in [-0.2, 0) is 73.5 Å². The maximum Gasteiger partial charge on any atom is 3.00 e. The molecule has 0 heterocycles. The van der Waals surface area contributed by atoms with Crippen LogP contribution in [0.5, 0.6) is 0 Å². The standard InChI is InChI=1S/2Ni.3S/q2*+3;3*-2. The van der Waals surface area contributed by atoms with E-state index in [4.69, 9.17) is 0 Å². The minimum absolute atomic E-state index is 0. The zero-order valence-electron chi connectivity index (χ0n) is 1.86. The third kappa shape index (κ3) is 23.7. The van der Waals surface area contributed by atoms with Gasteiger partial charge in [0.1, 0.15) is 0 Å². The molecule has 0 amide bonds. The number of hydrogen-bond donors (Lipinski definition) is 0. The molecule has 0 atom stereocenters. The van der Waals surface area contributed by atoms with E-state index < -0.39 is 0 Å². The van der Waals surface area contributed by atoms with Crippen LogP contribution in [0.1, 0.15) is 0 Å². The van der Waals surface area contributed by atoms with Gasteiger partial charge in [0, 0.05) is 0 Å². The van der Waals surface area contributed by atoms with Gasteiger partial charge in [0.25, 0.3) is 0 Å². The second-order valence-corrected chi connectivity index (χ2v) is 0. The van der Waals surface area contributed by atoms with Crippen molar-refractivity contribution in [1.29, 1.82) is 0 Å². The van der Waals surface area contributed by atoms with Crippen LogP contribution in [0.15, 0.2) is 0 Å². The van der Waals surface area contributed by atoms with E-state index in [2.05, 4.69) is 0 Å². The van der Waals surface area contributed by atoms with E-state index in [0.29, 0.717) is 0 Å². The first kappa shape index (κ1) is 61.8. The first-order chi connectivity index (χ1) is 0. The van der Waals surface area contributed by atoms with Crippen molar-refractivity contribution in [2.45, 2.75) is 0 Å². The molecule has 0 spiro atoms. The molecule has 0 aliphatic heterocycles. The van der Waals surface area contributed by atoms with Crippen molar-refractivity contribution < 1.29 is 33.0 Å². The van der Waals surface area contributed by atoms with Gasteiger partial charge in [-0.05, 0) is 0 Å². The van der Waals surface area contributed by atoms with Crippen LogP contribution in [0.3, 0.4) is 0 Å². The maximum atomic E-state index is 0. The Hall–Kier alpha value is 2.04. The van der Waals surface area contributed by atoms with Crippen molar-refractivity contribution in [3.8, 4) is 0 Å². The summed E-state index contributed by atoms with van der Waals surface area (Å²) in [5, 5.41) is 0. The number of hydrogen-bond acceptors (Lipinski definition) is 0. The van der Waals surface area contributed by atoms with Crippen LogP contribution in [0, 0.1) is 0 Å². The van der Waals surface area contributed by atoms with E-state index in [1.807, 2.05) is 0 Å². The fraction of sp³-hybridized carbons (Fsp3) is 0. The summed E-state index contributed by atoms with van der Waals surface area (Å²) < 4.78 is 0. The summed E-state index contributed by atoms with van der Waals surface area (Å²) in [6.45, 7) is 0. The van der Waals surface area contributed by atoms with E-state index in [-0.39, 0.29) is 73.5 Å². The molecule has 0 saturated heterocycles. The number of rotatable bonds is 0. The smallest absolute Gasteiger partial charge is 2.00 e. The SMILES string of the molecule is [Ni+3].[Ni+3].[S-2].[S-2].[S-2]. The Labute approximate surface area is 73.0 Å². The van der Waals surface area contributed by atoms with Gasteiger partial charge in [-0.1, -0.05) is 0 Å². The normalized spacial score (nSPS) is 0. The molecule has 0 N–H and O–H groups in total. The Morgan fingerprint density at radius 1 is 0.400 bits per heavy atom. The van der Waals surface area contributed by atoms with Gasteiger partial charge < -0.3 is 40.5 Å². The summed E-state index contributed by atoms with van der Waals surface area (Å²) in [4.78, 5) is 0. The van der Waals surface area contributed by atoms with Gasteiger partial charge in [0.05, 0.1) is 0 Å². The molecule has 0 nitrogen and oxygen atoms in total. The third-order valence-corrected chi connectivity index (χ3v) is 0. The van der Waals surface area contributed by atoms with Crippen molar-refractivity contribution in [3.63, 3.8) is 0 Å². The average molecular weight is 214 g/mol. The van der Waals surface area contributed by atoms with Crippen LogP contribution < -0.4 is 0 Å². The third-order valence-electron chi connectivity index (χ3n) is 0.